The van der Waals surface area contributed by atoms with Gasteiger partial charge in [-0.2, -0.15) is 0 Å². The van der Waals surface area contributed by atoms with Crippen molar-refractivity contribution >= 4 is 46.9 Å². The first-order valence-corrected chi connectivity index (χ1v) is 8.38. The molecule has 0 aliphatic carbocycles. The maximum absolute atomic E-state index is 12.1. The number of rotatable bonds is 7. The summed E-state index contributed by atoms with van der Waals surface area (Å²) in [6.07, 6.45) is 0. The molecule has 0 saturated heterocycles. The zero-order valence-electron chi connectivity index (χ0n) is 12.9. The normalized spacial score (nSPS) is 10.4. The van der Waals surface area contributed by atoms with Crippen molar-refractivity contribution in [3.8, 4) is 0 Å². The Kier molecular flexibility index (Phi) is 6.44. The average Bonchev–Trinajstić information content (AvgIpc) is 2.88. The first-order valence-electron chi connectivity index (χ1n) is 7.02. The number of nitrogen functional groups attached to an aromatic ring is 1. The molecule has 8 nitrogen and oxygen atoms in total. The predicted molar refractivity (Wildman–Crippen MR) is 91.9 cm³/mol. The minimum absolute atomic E-state index is 0.0603. The molecule has 2 aromatic rings. The molecular formula is C14H16ClN5O3S. The molecule has 0 unspecified atom stereocenters. The van der Waals surface area contributed by atoms with E-state index in [2.05, 4.69) is 15.5 Å². The number of hydrogen-bond donors (Lipinski definition) is 2. The van der Waals surface area contributed by atoms with E-state index in [1.165, 1.54) is 4.57 Å². The number of ether oxygens (including phenoxy) is 1. The Hall–Kier alpha value is -2.26. The number of benzene rings is 1. The number of nitrogens with zero attached hydrogens (tertiary/aromatic N) is 3. The molecule has 0 radical (unpaired) electrons. The molecule has 0 bridgehead atoms. The van der Waals surface area contributed by atoms with Crippen LogP contribution in [0.25, 0.3) is 0 Å². The van der Waals surface area contributed by atoms with Crippen LogP contribution in [0.2, 0.25) is 5.02 Å². The lowest BCUT2D eigenvalue weighted by Crippen LogP contribution is -2.20. The third kappa shape index (κ3) is 5.14. The summed E-state index contributed by atoms with van der Waals surface area (Å²) in [6, 6.07) is 6.72. The maximum atomic E-state index is 12.1. The van der Waals surface area contributed by atoms with Crippen LogP contribution in [0.5, 0.6) is 0 Å². The van der Waals surface area contributed by atoms with Gasteiger partial charge in [0.25, 0.3) is 0 Å². The lowest BCUT2D eigenvalue weighted by atomic mass is 10.3. The summed E-state index contributed by atoms with van der Waals surface area (Å²) in [4.78, 5) is 23.5. The van der Waals surface area contributed by atoms with Crippen LogP contribution in [0.15, 0.2) is 29.4 Å². The predicted octanol–water partition coefficient (Wildman–Crippen LogP) is 1.81. The number of carbonyl (C=O) groups is 2. The Morgan fingerprint density at radius 2 is 2.04 bits per heavy atom. The van der Waals surface area contributed by atoms with Gasteiger partial charge in [0.1, 0.15) is 6.54 Å². The smallest absolute Gasteiger partial charge is 0.316 e. The van der Waals surface area contributed by atoms with E-state index in [-0.39, 0.29) is 30.1 Å². The van der Waals surface area contributed by atoms with Crippen molar-refractivity contribution in [1.29, 1.82) is 0 Å². The number of carbonyl (C=O) groups excluding carboxylic acids is 2. The first-order chi connectivity index (χ1) is 11.5. The summed E-state index contributed by atoms with van der Waals surface area (Å²) in [7, 11) is 0. The number of hydrogen-bond acceptors (Lipinski definition) is 7. The standard InChI is InChI=1S/C14H16ClN5O3S/c1-2-23-12(22)8-24-14-19-18-13(16)20(14)7-11(21)17-10-5-3-9(15)4-6-10/h3-6H,2,7-8H2,1H3,(H2,16,18)(H,17,21). The van der Waals surface area contributed by atoms with Crippen molar-refractivity contribution in [3.05, 3.63) is 29.3 Å². The van der Waals surface area contributed by atoms with Gasteiger partial charge in [0.05, 0.1) is 12.4 Å². The Labute approximate surface area is 147 Å². The summed E-state index contributed by atoms with van der Waals surface area (Å²) in [5.41, 5.74) is 6.34. The molecule has 1 amide bonds. The highest BCUT2D eigenvalue weighted by Gasteiger charge is 2.15. The van der Waals surface area contributed by atoms with Gasteiger partial charge in [-0.05, 0) is 31.2 Å². The number of halogens is 1. The fourth-order valence-corrected chi connectivity index (χ4v) is 2.63. The summed E-state index contributed by atoms with van der Waals surface area (Å²) in [5.74, 6) is -0.527. The lowest BCUT2D eigenvalue weighted by Gasteiger charge is -2.09. The first kappa shape index (κ1) is 18.1. The Morgan fingerprint density at radius 1 is 1.33 bits per heavy atom. The van der Waals surface area contributed by atoms with Gasteiger partial charge in [-0.15, -0.1) is 10.2 Å². The summed E-state index contributed by atoms with van der Waals surface area (Å²) < 4.78 is 6.27. The van der Waals surface area contributed by atoms with E-state index in [0.29, 0.717) is 22.5 Å². The molecular weight excluding hydrogens is 354 g/mol. The summed E-state index contributed by atoms with van der Waals surface area (Å²) in [5, 5.41) is 11.3. The van der Waals surface area contributed by atoms with E-state index < -0.39 is 0 Å². The minimum Gasteiger partial charge on any atom is -0.465 e. The second-order valence-corrected chi connectivity index (χ2v) is 5.95. The van der Waals surface area contributed by atoms with Crippen molar-refractivity contribution in [3.63, 3.8) is 0 Å². The van der Waals surface area contributed by atoms with Crippen LogP contribution in [0.1, 0.15) is 6.92 Å². The molecule has 2 rings (SSSR count). The van der Waals surface area contributed by atoms with Crippen molar-refractivity contribution in [1.82, 2.24) is 14.8 Å². The zero-order valence-corrected chi connectivity index (χ0v) is 14.4. The van der Waals surface area contributed by atoms with Crippen LogP contribution >= 0.6 is 23.4 Å². The van der Waals surface area contributed by atoms with Crippen LogP contribution in [0.4, 0.5) is 11.6 Å². The van der Waals surface area contributed by atoms with Gasteiger partial charge < -0.3 is 15.8 Å². The number of anilines is 2. The molecule has 0 aliphatic heterocycles. The molecule has 3 N–H and O–H groups in total. The van der Waals surface area contributed by atoms with Crippen LogP contribution in [-0.2, 0) is 20.9 Å². The quantitative estimate of drug-likeness (QED) is 0.565. The number of nitrogens with two attached hydrogens (primary N) is 1. The van der Waals surface area contributed by atoms with Gasteiger partial charge in [0.15, 0.2) is 5.16 Å². The number of esters is 1. The van der Waals surface area contributed by atoms with Gasteiger partial charge in [0.2, 0.25) is 11.9 Å². The van der Waals surface area contributed by atoms with Gasteiger partial charge in [0, 0.05) is 10.7 Å². The van der Waals surface area contributed by atoms with E-state index >= 15 is 0 Å². The molecule has 1 aromatic carbocycles. The molecule has 0 saturated carbocycles. The van der Waals surface area contributed by atoms with Crippen LogP contribution < -0.4 is 11.1 Å². The third-order valence-electron chi connectivity index (χ3n) is 2.80. The van der Waals surface area contributed by atoms with E-state index in [9.17, 15) is 9.59 Å². The SMILES string of the molecule is CCOC(=O)CSc1nnc(N)n1CC(=O)Nc1ccc(Cl)cc1. The Balaban J connectivity index is 1.98. The third-order valence-corrected chi connectivity index (χ3v) is 3.99. The number of aromatic nitrogens is 3. The van der Waals surface area contributed by atoms with E-state index in [1.807, 2.05) is 0 Å². The van der Waals surface area contributed by atoms with Gasteiger partial charge >= 0.3 is 5.97 Å². The molecule has 0 spiro atoms. The van der Waals surface area contributed by atoms with Crippen LogP contribution in [0.3, 0.4) is 0 Å². The lowest BCUT2D eigenvalue weighted by molar-refractivity contribution is -0.139. The summed E-state index contributed by atoms with van der Waals surface area (Å²) >= 11 is 6.90. The molecule has 24 heavy (non-hydrogen) atoms. The maximum Gasteiger partial charge on any atom is 0.316 e. The number of nitrogens with one attached hydrogen (secondary N) is 1. The largest absolute Gasteiger partial charge is 0.465 e. The monoisotopic (exact) mass is 369 g/mol. The van der Waals surface area contributed by atoms with Crippen molar-refractivity contribution in [2.45, 2.75) is 18.6 Å². The fourth-order valence-electron chi connectivity index (χ4n) is 1.76. The Morgan fingerprint density at radius 3 is 2.71 bits per heavy atom. The van der Waals surface area contributed by atoms with E-state index in [0.717, 1.165) is 11.8 Å². The molecule has 1 aromatic heterocycles. The molecule has 10 heteroatoms. The minimum atomic E-state index is -0.374. The van der Waals surface area contributed by atoms with Gasteiger partial charge in [-0.3, -0.25) is 14.2 Å². The zero-order chi connectivity index (χ0) is 17.5. The second kappa shape index (κ2) is 8.55. The van der Waals surface area contributed by atoms with Crippen molar-refractivity contribution < 1.29 is 14.3 Å². The number of amides is 1. The highest BCUT2D eigenvalue weighted by molar-refractivity contribution is 7.99. The topological polar surface area (TPSA) is 112 Å². The summed E-state index contributed by atoms with van der Waals surface area (Å²) in [6.45, 7) is 1.95. The van der Waals surface area contributed by atoms with Crippen molar-refractivity contribution in [2.24, 2.45) is 0 Å². The molecule has 0 aliphatic rings. The molecule has 128 valence electrons. The molecule has 0 atom stereocenters. The number of thioether (sulfide) groups is 1. The van der Waals surface area contributed by atoms with Gasteiger partial charge in [-0.25, -0.2) is 0 Å². The second-order valence-electron chi connectivity index (χ2n) is 4.58. The van der Waals surface area contributed by atoms with Crippen LogP contribution in [-0.4, -0.2) is 39.0 Å². The molecule has 0 fully saturated rings. The molecule has 1 heterocycles. The highest BCUT2D eigenvalue weighted by atomic mass is 35.5. The van der Waals surface area contributed by atoms with Crippen molar-refractivity contribution in [2.75, 3.05) is 23.4 Å². The van der Waals surface area contributed by atoms with E-state index in [1.54, 1.807) is 31.2 Å². The van der Waals surface area contributed by atoms with Crippen LogP contribution in [0, 0.1) is 0 Å². The van der Waals surface area contributed by atoms with E-state index in [4.69, 9.17) is 22.1 Å². The Bertz CT molecular complexity index is 720. The van der Waals surface area contributed by atoms with Gasteiger partial charge in [-0.1, -0.05) is 23.4 Å². The highest BCUT2D eigenvalue weighted by Crippen LogP contribution is 2.19. The average molecular weight is 370 g/mol. The fraction of sp³-hybridized carbons (Fsp3) is 0.286.